The number of halogens is 3. The molecule has 7 rings (SSSR count). The van der Waals surface area contributed by atoms with E-state index in [0.29, 0.717) is 61.7 Å². The van der Waals surface area contributed by atoms with E-state index in [1.54, 1.807) is 19.2 Å². The third-order valence-electron chi connectivity index (χ3n) is 10.9. The van der Waals surface area contributed by atoms with Gasteiger partial charge in [-0.2, -0.15) is 22.7 Å². The Bertz CT molecular complexity index is 2070. The molecule has 11 nitrogen and oxygen atoms in total. The summed E-state index contributed by atoms with van der Waals surface area (Å²) in [6, 6.07) is 13.2. The Hall–Kier alpha value is -3.97. The molecule has 0 aliphatic carbocycles. The van der Waals surface area contributed by atoms with Crippen molar-refractivity contribution in [3.05, 3.63) is 59.5 Å². The van der Waals surface area contributed by atoms with Crippen LogP contribution in [-0.2, 0) is 23.0 Å². The minimum Gasteiger partial charge on any atom is -0.496 e. The zero-order valence-electron chi connectivity index (χ0n) is 29.2. The van der Waals surface area contributed by atoms with Crippen LogP contribution < -0.4 is 9.64 Å². The van der Waals surface area contributed by atoms with Gasteiger partial charge in [-0.15, -0.1) is 0 Å². The zero-order chi connectivity index (χ0) is 36.1. The molecule has 3 aliphatic rings. The molecule has 15 heteroatoms. The molecule has 3 fully saturated rings. The molecule has 51 heavy (non-hydrogen) atoms. The standard InChI is InChI=1S/C36H43F3N8O3S/c1-25(20-44-12-14-46(15-13-44)51(3,48)49)47-28(19-40)17-30-32(47)7-5-27(33(30)50-2)21-43-10-8-35(9-11-43)22-45(23-35)34-29-16-26(18-36(37,38)39)4-6-31(29)41-24-42-34/h4-7,16-17,24-25H,8-15,18,20-23H2,1-3H3. The highest BCUT2D eigenvalue weighted by molar-refractivity contribution is 7.88. The fourth-order valence-corrected chi connectivity index (χ4v) is 9.11. The predicted molar refractivity (Wildman–Crippen MR) is 189 cm³/mol. The lowest BCUT2D eigenvalue weighted by molar-refractivity contribution is -0.127. The van der Waals surface area contributed by atoms with Crippen LogP contribution in [0.25, 0.3) is 21.8 Å². The number of sulfonamides is 1. The minimum absolute atomic E-state index is 0.0138. The number of likely N-dealkylation sites (tertiary alicyclic amines) is 1. The van der Waals surface area contributed by atoms with Crippen LogP contribution in [0.2, 0.25) is 0 Å². The summed E-state index contributed by atoms with van der Waals surface area (Å²) in [6.45, 7) is 9.14. The van der Waals surface area contributed by atoms with Crippen molar-refractivity contribution in [2.75, 3.05) is 77.2 Å². The number of piperidine rings is 1. The molecule has 0 saturated carbocycles. The van der Waals surface area contributed by atoms with E-state index in [0.717, 1.165) is 61.2 Å². The summed E-state index contributed by atoms with van der Waals surface area (Å²) in [7, 11) is -1.53. The average Bonchev–Trinajstić information content (AvgIpc) is 3.45. The lowest BCUT2D eigenvalue weighted by Crippen LogP contribution is -2.60. The highest BCUT2D eigenvalue weighted by atomic mass is 32.2. The molecule has 5 heterocycles. The van der Waals surface area contributed by atoms with Crippen molar-refractivity contribution in [3.8, 4) is 11.8 Å². The molecule has 2 aromatic heterocycles. The highest BCUT2D eigenvalue weighted by Gasteiger charge is 2.46. The Labute approximate surface area is 296 Å². The van der Waals surface area contributed by atoms with Crippen molar-refractivity contribution >= 4 is 37.6 Å². The first kappa shape index (κ1) is 35.4. The minimum atomic E-state index is -4.28. The second-order valence-electron chi connectivity index (χ2n) is 14.5. The maximum atomic E-state index is 13.1. The summed E-state index contributed by atoms with van der Waals surface area (Å²) in [5, 5.41) is 11.7. The number of piperazine rings is 1. The number of nitriles is 1. The SMILES string of the molecule is COc1c(CN2CCC3(CC2)CN(c2ncnc4ccc(CC(F)(F)F)cc24)C3)ccc2c1cc(C#N)n2C(C)CN1CCN(S(C)(=O)=O)CC1. The lowest BCUT2D eigenvalue weighted by Gasteiger charge is -2.54. The maximum Gasteiger partial charge on any atom is 0.393 e. The monoisotopic (exact) mass is 724 g/mol. The van der Waals surface area contributed by atoms with Gasteiger partial charge in [0.1, 0.15) is 29.7 Å². The van der Waals surface area contributed by atoms with Gasteiger partial charge in [0, 0.05) is 80.2 Å². The Balaban J connectivity index is 1.00. The first-order valence-electron chi connectivity index (χ1n) is 17.3. The second kappa shape index (κ2) is 13.5. The summed E-state index contributed by atoms with van der Waals surface area (Å²) in [5.41, 5.74) is 3.54. The van der Waals surface area contributed by atoms with E-state index in [4.69, 9.17) is 4.74 Å². The van der Waals surface area contributed by atoms with Crippen molar-refractivity contribution in [1.29, 1.82) is 5.26 Å². The topological polar surface area (TPSA) is 111 Å². The van der Waals surface area contributed by atoms with Gasteiger partial charge in [0.25, 0.3) is 0 Å². The third kappa shape index (κ3) is 7.24. The average molecular weight is 725 g/mol. The van der Waals surface area contributed by atoms with Crippen LogP contribution in [0, 0.1) is 16.7 Å². The molecule has 0 amide bonds. The number of methoxy groups -OCH3 is 1. The largest absolute Gasteiger partial charge is 0.496 e. The maximum absolute atomic E-state index is 13.1. The number of benzene rings is 2. The molecule has 3 aliphatic heterocycles. The van der Waals surface area contributed by atoms with Crippen LogP contribution >= 0.6 is 0 Å². The van der Waals surface area contributed by atoms with E-state index < -0.39 is 22.6 Å². The Morgan fingerprint density at radius 1 is 0.980 bits per heavy atom. The van der Waals surface area contributed by atoms with Crippen LogP contribution in [0.1, 0.15) is 42.6 Å². The molecular weight excluding hydrogens is 682 g/mol. The molecule has 272 valence electrons. The number of nitrogens with zero attached hydrogens (tertiary/aromatic N) is 8. The van der Waals surface area contributed by atoms with Crippen LogP contribution in [0.5, 0.6) is 5.75 Å². The van der Waals surface area contributed by atoms with Crippen molar-refractivity contribution in [2.24, 2.45) is 5.41 Å². The van der Waals surface area contributed by atoms with E-state index in [-0.39, 0.29) is 17.0 Å². The number of fused-ring (bicyclic) bond motifs is 2. The fourth-order valence-electron chi connectivity index (χ4n) is 8.28. The van der Waals surface area contributed by atoms with E-state index in [9.17, 15) is 26.9 Å². The summed E-state index contributed by atoms with van der Waals surface area (Å²) in [4.78, 5) is 15.6. The van der Waals surface area contributed by atoms with Crippen molar-refractivity contribution in [3.63, 3.8) is 0 Å². The molecule has 3 saturated heterocycles. The first-order valence-corrected chi connectivity index (χ1v) is 19.2. The van der Waals surface area contributed by atoms with Crippen LogP contribution in [-0.4, -0.2) is 116 Å². The van der Waals surface area contributed by atoms with Crippen LogP contribution in [0.4, 0.5) is 19.0 Å². The molecule has 0 radical (unpaired) electrons. The second-order valence-corrected chi connectivity index (χ2v) is 16.5. The van der Waals surface area contributed by atoms with Gasteiger partial charge in [-0.05, 0) is 62.7 Å². The number of rotatable bonds is 9. The fraction of sp³-hybridized carbons (Fsp3) is 0.528. The van der Waals surface area contributed by atoms with Crippen LogP contribution in [0.15, 0.2) is 42.7 Å². The molecule has 2 aromatic carbocycles. The summed E-state index contributed by atoms with van der Waals surface area (Å²) in [6.07, 6.45) is -0.523. The first-order chi connectivity index (χ1) is 24.3. The van der Waals surface area contributed by atoms with Gasteiger partial charge in [-0.25, -0.2) is 18.4 Å². The molecule has 0 bridgehead atoms. The van der Waals surface area contributed by atoms with Gasteiger partial charge in [0.2, 0.25) is 10.0 Å². The Kier molecular flexibility index (Phi) is 9.41. The van der Waals surface area contributed by atoms with Gasteiger partial charge >= 0.3 is 6.18 Å². The van der Waals surface area contributed by atoms with E-state index >= 15 is 0 Å². The number of alkyl halides is 3. The number of hydrogen-bond donors (Lipinski definition) is 0. The Morgan fingerprint density at radius 3 is 2.35 bits per heavy atom. The molecular formula is C36H43F3N8O3S. The van der Waals surface area contributed by atoms with Gasteiger partial charge in [-0.3, -0.25) is 9.80 Å². The van der Waals surface area contributed by atoms with Gasteiger partial charge in [0.15, 0.2) is 0 Å². The normalized spacial score (nSPS) is 19.7. The van der Waals surface area contributed by atoms with Crippen molar-refractivity contribution in [2.45, 2.75) is 44.9 Å². The summed E-state index contributed by atoms with van der Waals surface area (Å²) in [5.74, 6) is 1.47. The molecule has 4 aromatic rings. The Morgan fingerprint density at radius 2 is 1.71 bits per heavy atom. The number of hydrogen-bond acceptors (Lipinski definition) is 9. The van der Waals surface area contributed by atoms with Crippen molar-refractivity contribution < 1.29 is 26.3 Å². The molecule has 0 N–H and O–H groups in total. The lowest BCUT2D eigenvalue weighted by atomic mass is 9.72. The van der Waals surface area contributed by atoms with Crippen LogP contribution in [0.3, 0.4) is 0 Å². The van der Waals surface area contributed by atoms with E-state index in [1.807, 2.05) is 6.07 Å². The molecule has 1 atom stereocenters. The molecule has 1 unspecified atom stereocenters. The van der Waals surface area contributed by atoms with Crippen molar-refractivity contribution in [1.82, 2.24) is 28.6 Å². The quantitative estimate of drug-likeness (QED) is 0.240. The number of ether oxygens (including phenoxy) is 1. The van der Waals surface area contributed by atoms with Gasteiger partial charge in [-0.1, -0.05) is 12.1 Å². The van der Waals surface area contributed by atoms with Gasteiger partial charge in [0.05, 0.1) is 30.8 Å². The smallest absolute Gasteiger partial charge is 0.393 e. The van der Waals surface area contributed by atoms with Gasteiger partial charge < -0.3 is 14.2 Å². The zero-order valence-corrected chi connectivity index (χ0v) is 30.0. The van der Waals surface area contributed by atoms with E-state index in [1.165, 1.54) is 23.0 Å². The third-order valence-corrected chi connectivity index (χ3v) is 12.2. The molecule has 1 spiro atoms. The highest BCUT2D eigenvalue weighted by Crippen LogP contribution is 2.44. The number of aromatic nitrogens is 3. The summed E-state index contributed by atoms with van der Waals surface area (Å²) < 4.78 is 72.7. The predicted octanol–water partition coefficient (Wildman–Crippen LogP) is 4.81. The summed E-state index contributed by atoms with van der Waals surface area (Å²) >= 11 is 0. The van der Waals surface area contributed by atoms with E-state index in [2.05, 4.69) is 54.4 Å². The number of anilines is 1.